The van der Waals surface area contributed by atoms with E-state index in [4.69, 9.17) is 9.73 Å². The molecule has 1 aromatic rings. The lowest BCUT2D eigenvalue weighted by atomic mass is 10.1. The molecule has 5 heteroatoms. The Balaban J connectivity index is 2.03. The molecule has 2 N–H and O–H groups in total. The molecule has 26 heavy (non-hydrogen) atoms. The van der Waals surface area contributed by atoms with Crippen LogP contribution < -0.4 is 10.6 Å². The number of hydrogen-bond donors (Lipinski definition) is 2. The summed E-state index contributed by atoms with van der Waals surface area (Å²) in [5.41, 5.74) is 2.65. The van der Waals surface area contributed by atoms with Crippen LogP contribution in [0.2, 0.25) is 0 Å². The maximum Gasteiger partial charge on any atom is 0.191 e. The van der Waals surface area contributed by atoms with Crippen molar-refractivity contribution in [2.75, 3.05) is 26.2 Å². The monoisotopic (exact) mass is 360 g/mol. The van der Waals surface area contributed by atoms with Gasteiger partial charge in [-0.2, -0.15) is 0 Å². The van der Waals surface area contributed by atoms with Gasteiger partial charge in [-0.1, -0.05) is 38.1 Å². The van der Waals surface area contributed by atoms with Crippen molar-refractivity contribution in [1.29, 1.82) is 0 Å². The van der Waals surface area contributed by atoms with E-state index in [0.717, 1.165) is 38.7 Å². The van der Waals surface area contributed by atoms with E-state index in [1.807, 2.05) is 0 Å². The van der Waals surface area contributed by atoms with Crippen LogP contribution in [0.25, 0.3) is 0 Å². The molecule has 0 bridgehead atoms. The minimum Gasteiger partial charge on any atom is -0.373 e. The molecule has 2 atom stereocenters. The first kappa shape index (κ1) is 20.7. The number of benzene rings is 1. The van der Waals surface area contributed by atoms with E-state index in [0.29, 0.717) is 24.7 Å². The summed E-state index contributed by atoms with van der Waals surface area (Å²) in [5.74, 6) is 1.49. The zero-order chi connectivity index (χ0) is 18.9. The van der Waals surface area contributed by atoms with Crippen LogP contribution in [-0.2, 0) is 17.8 Å². The first-order valence-corrected chi connectivity index (χ1v) is 9.94. The number of nitrogens with one attached hydrogen (secondary N) is 2. The molecule has 0 aromatic heterocycles. The fourth-order valence-electron chi connectivity index (χ4n) is 3.33. The average molecular weight is 361 g/mol. The van der Waals surface area contributed by atoms with E-state index in [1.165, 1.54) is 11.1 Å². The quantitative estimate of drug-likeness (QED) is 0.580. The molecule has 0 saturated carbocycles. The predicted octanol–water partition coefficient (Wildman–Crippen LogP) is 3.01. The van der Waals surface area contributed by atoms with E-state index in [1.54, 1.807) is 0 Å². The van der Waals surface area contributed by atoms with Crippen LogP contribution in [0.5, 0.6) is 0 Å². The van der Waals surface area contributed by atoms with Gasteiger partial charge in [0.1, 0.15) is 0 Å². The summed E-state index contributed by atoms with van der Waals surface area (Å²) in [6.07, 6.45) is 0.592. The van der Waals surface area contributed by atoms with Gasteiger partial charge in [-0.15, -0.1) is 0 Å². The fraction of sp³-hybridized carbons (Fsp3) is 0.667. The highest BCUT2D eigenvalue weighted by Gasteiger charge is 2.22. The van der Waals surface area contributed by atoms with Crippen molar-refractivity contribution in [2.45, 2.75) is 59.9 Å². The largest absolute Gasteiger partial charge is 0.373 e. The van der Waals surface area contributed by atoms with Crippen molar-refractivity contribution in [3.05, 3.63) is 35.4 Å². The Labute approximate surface area is 159 Å². The maximum absolute atomic E-state index is 5.86. The van der Waals surface area contributed by atoms with Crippen LogP contribution in [-0.4, -0.2) is 49.2 Å². The number of morpholine rings is 1. The summed E-state index contributed by atoms with van der Waals surface area (Å²) in [6.45, 7) is 16.2. The van der Waals surface area contributed by atoms with E-state index in [-0.39, 0.29) is 0 Å². The van der Waals surface area contributed by atoms with E-state index < -0.39 is 0 Å². The number of hydrogen-bond acceptors (Lipinski definition) is 3. The van der Waals surface area contributed by atoms with Crippen LogP contribution in [0, 0.1) is 5.92 Å². The second kappa shape index (κ2) is 10.5. The SMILES string of the molecule is CCNC(=NCc1ccccc1CN1CC(C)OC(C)C1)NCC(C)C. The van der Waals surface area contributed by atoms with Crippen molar-refractivity contribution < 1.29 is 4.74 Å². The molecule has 1 aliphatic rings. The number of aliphatic imine (C=N–C) groups is 1. The second-order valence-electron chi connectivity index (χ2n) is 7.69. The smallest absolute Gasteiger partial charge is 0.191 e. The topological polar surface area (TPSA) is 48.9 Å². The maximum atomic E-state index is 5.86. The Hall–Kier alpha value is -1.59. The van der Waals surface area contributed by atoms with Crippen LogP contribution >= 0.6 is 0 Å². The Morgan fingerprint density at radius 3 is 2.42 bits per heavy atom. The van der Waals surface area contributed by atoms with Gasteiger partial charge in [0.2, 0.25) is 0 Å². The Bertz CT molecular complexity index is 563. The lowest BCUT2D eigenvalue weighted by Crippen LogP contribution is -2.44. The van der Waals surface area contributed by atoms with Crippen LogP contribution in [0.3, 0.4) is 0 Å². The molecule has 0 aliphatic carbocycles. The number of nitrogens with zero attached hydrogens (tertiary/aromatic N) is 2. The molecule has 5 nitrogen and oxygen atoms in total. The van der Waals surface area contributed by atoms with Crippen LogP contribution in [0.4, 0.5) is 0 Å². The van der Waals surface area contributed by atoms with Crippen molar-refractivity contribution in [2.24, 2.45) is 10.9 Å². The van der Waals surface area contributed by atoms with Gasteiger partial charge in [-0.3, -0.25) is 4.90 Å². The van der Waals surface area contributed by atoms with Crippen molar-refractivity contribution in [3.63, 3.8) is 0 Å². The zero-order valence-electron chi connectivity index (χ0n) is 17.1. The molecule has 1 fully saturated rings. The highest BCUT2D eigenvalue weighted by Crippen LogP contribution is 2.17. The second-order valence-corrected chi connectivity index (χ2v) is 7.69. The van der Waals surface area contributed by atoms with Gasteiger partial charge in [0.15, 0.2) is 5.96 Å². The molecule has 0 radical (unpaired) electrons. The van der Waals surface area contributed by atoms with E-state index in [2.05, 4.69) is 74.4 Å². The fourth-order valence-corrected chi connectivity index (χ4v) is 3.33. The minimum absolute atomic E-state index is 0.296. The molecule has 1 aromatic carbocycles. The molecule has 0 amide bonds. The lowest BCUT2D eigenvalue weighted by molar-refractivity contribution is -0.0705. The van der Waals surface area contributed by atoms with E-state index in [9.17, 15) is 0 Å². The first-order valence-electron chi connectivity index (χ1n) is 9.94. The Kier molecular flexibility index (Phi) is 8.39. The number of rotatable bonds is 7. The molecule has 1 aliphatic heterocycles. The van der Waals surface area contributed by atoms with Gasteiger partial charge >= 0.3 is 0 Å². The molecule has 0 spiro atoms. The van der Waals surface area contributed by atoms with Crippen molar-refractivity contribution in [1.82, 2.24) is 15.5 Å². The standard InChI is InChI=1S/C21H36N4O/c1-6-22-21(23-11-16(2)3)24-12-19-9-7-8-10-20(19)15-25-13-17(4)26-18(5)14-25/h7-10,16-18H,6,11-15H2,1-5H3,(H2,22,23,24). The third-order valence-corrected chi connectivity index (χ3v) is 4.44. The third kappa shape index (κ3) is 6.96. The Morgan fingerprint density at radius 1 is 1.15 bits per heavy atom. The summed E-state index contributed by atoms with van der Waals surface area (Å²) in [4.78, 5) is 7.28. The third-order valence-electron chi connectivity index (χ3n) is 4.44. The predicted molar refractivity (Wildman–Crippen MR) is 109 cm³/mol. The number of ether oxygens (including phenoxy) is 1. The highest BCUT2D eigenvalue weighted by atomic mass is 16.5. The first-order chi connectivity index (χ1) is 12.5. The summed E-state index contributed by atoms with van der Waals surface area (Å²) in [6, 6.07) is 8.65. The van der Waals surface area contributed by atoms with Crippen LogP contribution in [0.1, 0.15) is 45.7 Å². The van der Waals surface area contributed by atoms with Crippen LogP contribution in [0.15, 0.2) is 29.3 Å². The summed E-state index contributed by atoms with van der Waals surface area (Å²) < 4.78 is 5.86. The normalized spacial score (nSPS) is 21.8. The average Bonchev–Trinajstić information content (AvgIpc) is 2.57. The molecular formula is C21H36N4O. The van der Waals surface area contributed by atoms with Gasteiger partial charge in [-0.05, 0) is 37.8 Å². The molecule has 1 saturated heterocycles. The number of guanidine groups is 1. The Morgan fingerprint density at radius 2 is 1.81 bits per heavy atom. The van der Waals surface area contributed by atoms with Gasteiger partial charge in [0.25, 0.3) is 0 Å². The summed E-state index contributed by atoms with van der Waals surface area (Å²) in [5, 5.41) is 6.75. The van der Waals surface area contributed by atoms with Gasteiger partial charge in [-0.25, -0.2) is 4.99 Å². The molecule has 1 heterocycles. The van der Waals surface area contributed by atoms with E-state index >= 15 is 0 Å². The minimum atomic E-state index is 0.296. The molecular weight excluding hydrogens is 324 g/mol. The van der Waals surface area contributed by atoms with Gasteiger partial charge in [0.05, 0.1) is 18.8 Å². The van der Waals surface area contributed by atoms with Gasteiger partial charge in [0, 0.05) is 32.7 Å². The highest BCUT2D eigenvalue weighted by molar-refractivity contribution is 5.79. The summed E-state index contributed by atoms with van der Waals surface area (Å²) in [7, 11) is 0. The molecule has 2 unspecified atom stereocenters. The molecule has 2 rings (SSSR count). The molecule has 146 valence electrons. The summed E-state index contributed by atoms with van der Waals surface area (Å²) >= 11 is 0. The van der Waals surface area contributed by atoms with Crippen molar-refractivity contribution >= 4 is 5.96 Å². The van der Waals surface area contributed by atoms with Gasteiger partial charge < -0.3 is 15.4 Å². The van der Waals surface area contributed by atoms with Crippen molar-refractivity contribution in [3.8, 4) is 0 Å². The zero-order valence-corrected chi connectivity index (χ0v) is 17.1. The lowest BCUT2D eigenvalue weighted by Gasteiger charge is -2.35.